The van der Waals surface area contributed by atoms with E-state index in [-0.39, 0.29) is 42.3 Å². The second-order valence-electron chi connectivity index (χ2n) is 6.21. The Morgan fingerprint density at radius 3 is 2.53 bits per heavy atom. The topological polar surface area (TPSA) is 94.6 Å². The number of benzene rings is 2. The molecule has 0 aliphatic heterocycles. The van der Waals surface area contributed by atoms with Crippen molar-refractivity contribution in [1.82, 2.24) is 16.0 Å². The first-order valence-corrected chi connectivity index (χ1v) is 9.40. The van der Waals surface area contributed by atoms with E-state index in [0.29, 0.717) is 36.7 Å². The van der Waals surface area contributed by atoms with Crippen LogP contribution >= 0.6 is 24.0 Å². The van der Waals surface area contributed by atoms with Crippen molar-refractivity contribution in [1.29, 1.82) is 0 Å². The Hall–Kier alpha value is -2.69. The maximum atomic E-state index is 13.2. The lowest BCUT2D eigenvalue weighted by molar-refractivity contribution is -0.114. The highest BCUT2D eigenvalue weighted by atomic mass is 127. The molecule has 0 radical (unpaired) electrons. The van der Waals surface area contributed by atoms with Gasteiger partial charge >= 0.3 is 0 Å². The van der Waals surface area contributed by atoms with E-state index in [1.165, 1.54) is 18.2 Å². The van der Waals surface area contributed by atoms with Gasteiger partial charge in [0.25, 0.3) is 5.91 Å². The van der Waals surface area contributed by atoms with Gasteiger partial charge in [-0.05, 0) is 49.2 Å². The third-order valence-corrected chi connectivity index (χ3v) is 3.96. The lowest BCUT2D eigenvalue weighted by atomic mass is 10.1. The zero-order valence-electron chi connectivity index (χ0n) is 17.0. The molecule has 0 atom stereocenters. The zero-order valence-corrected chi connectivity index (χ0v) is 19.3. The molecule has 30 heavy (non-hydrogen) atoms. The van der Waals surface area contributed by atoms with Crippen LogP contribution in [0.1, 0.15) is 22.8 Å². The molecular formula is C21H27FIN5O2. The summed E-state index contributed by atoms with van der Waals surface area (Å²) in [6, 6.07) is 13.1. The summed E-state index contributed by atoms with van der Waals surface area (Å²) in [5.41, 5.74) is 2.01. The number of nitrogens with one attached hydrogen (secondary N) is 4. The first kappa shape index (κ1) is 25.3. The number of carbonyl (C=O) groups excluding carboxylic acids is 2. The lowest BCUT2D eigenvalue weighted by Gasteiger charge is -2.12. The SMILES string of the molecule is CCNC(=NCC(=O)Nc1cccc(F)c1)NCCc1cccc(C(=O)NC)c1.I. The Kier molecular flexibility index (Phi) is 11.4. The van der Waals surface area contributed by atoms with Crippen molar-refractivity contribution in [3.05, 3.63) is 65.5 Å². The van der Waals surface area contributed by atoms with Crippen LogP contribution in [-0.2, 0) is 11.2 Å². The van der Waals surface area contributed by atoms with Gasteiger partial charge in [-0.3, -0.25) is 9.59 Å². The van der Waals surface area contributed by atoms with Crippen LogP contribution in [0, 0.1) is 5.82 Å². The Bertz CT molecular complexity index is 876. The number of hydrogen-bond acceptors (Lipinski definition) is 3. The van der Waals surface area contributed by atoms with E-state index in [1.807, 2.05) is 25.1 Å². The van der Waals surface area contributed by atoms with Gasteiger partial charge in [-0.1, -0.05) is 18.2 Å². The summed E-state index contributed by atoms with van der Waals surface area (Å²) in [5.74, 6) is -0.378. The summed E-state index contributed by atoms with van der Waals surface area (Å²) in [4.78, 5) is 28.0. The summed E-state index contributed by atoms with van der Waals surface area (Å²) in [5, 5.41) is 11.4. The summed E-state index contributed by atoms with van der Waals surface area (Å²) in [6.45, 7) is 3.05. The third kappa shape index (κ3) is 8.76. The molecular weight excluding hydrogens is 500 g/mol. The molecule has 0 aliphatic rings. The number of anilines is 1. The second-order valence-corrected chi connectivity index (χ2v) is 6.21. The third-order valence-electron chi connectivity index (χ3n) is 3.96. The molecule has 0 unspecified atom stereocenters. The highest BCUT2D eigenvalue weighted by molar-refractivity contribution is 14.0. The first-order valence-electron chi connectivity index (χ1n) is 9.40. The molecule has 0 spiro atoms. The molecule has 2 aromatic rings. The molecule has 0 saturated heterocycles. The summed E-state index contributed by atoms with van der Waals surface area (Å²) in [7, 11) is 1.60. The average molecular weight is 527 g/mol. The summed E-state index contributed by atoms with van der Waals surface area (Å²) >= 11 is 0. The van der Waals surface area contributed by atoms with Crippen LogP contribution in [0.25, 0.3) is 0 Å². The van der Waals surface area contributed by atoms with Gasteiger partial charge in [0.05, 0.1) is 0 Å². The highest BCUT2D eigenvalue weighted by Crippen LogP contribution is 2.08. The van der Waals surface area contributed by atoms with E-state index < -0.39 is 5.82 Å². The number of guanidine groups is 1. The van der Waals surface area contributed by atoms with Crippen molar-refractivity contribution in [2.24, 2.45) is 4.99 Å². The molecule has 7 nitrogen and oxygen atoms in total. The van der Waals surface area contributed by atoms with E-state index in [2.05, 4.69) is 26.3 Å². The van der Waals surface area contributed by atoms with Crippen molar-refractivity contribution in [2.75, 3.05) is 32.0 Å². The van der Waals surface area contributed by atoms with Gasteiger partial charge in [0, 0.05) is 31.4 Å². The molecule has 0 bridgehead atoms. The lowest BCUT2D eigenvalue weighted by Crippen LogP contribution is -2.39. The van der Waals surface area contributed by atoms with E-state index in [9.17, 15) is 14.0 Å². The van der Waals surface area contributed by atoms with Gasteiger partial charge < -0.3 is 21.3 Å². The fourth-order valence-electron chi connectivity index (χ4n) is 2.60. The smallest absolute Gasteiger partial charge is 0.251 e. The van der Waals surface area contributed by atoms with Gasteiger partial charge in [0.1, 0.15) is 12.4 Å². The van der Waals surface area contributed by atoms with Gasteiger partial charge in [-0.15, -0.1) is 24.0 Å². The predicted molar refractivity (Wildman–Crippen MR) is 128 cm³/mol. The van der Waals surface area contributed by atoms with E-state index in [0.717, 1.165) is 5.56 Å². The quantitative estimate of drug-likeness (QED) is 0.241. The average Bonchev–Trinajstić information content (AvgIpc) is 2.71. The first-order chi connectivity index (χ1) is 14.0. The Labute approximate surface area is 193 Å². The molecule has 0 saturated carbocycles. The Balaban J connectivity index is 0.00000450. The Morgan fingerprint density at radius 2 is 1.83 bits per heavy atom. The van der Waals surface area contributed by atoms with Crippen molar-refractivity contribution < 1.29 is 14.0 Å². The predicted octanol–water partition coefficient (Wildman–Crippen LogP) is 2.54. The molecule has 0 aromatic heterocycles. The number of aliphatic imine (C=N–C) groups is 1. The van der Waals surface area contributed by atoms with Crippen LogP contribution in [0.3, 0.4) is 0 Å². The fraction of sp³-hybridized carbons (Fsp3) is 0.286. The molecule has 0 heterocycles. The normalized spacial score (nSPS) is 10.6. The van der Waals surface area contributed by atoms with Gasteiger partial charge in [-0.25, -0.2) is 9.38 Å². The largest absolute Gasteiger partial charge is 0.357 e. The van der Waals surface area contributed by atoms with Crippen molar-refractivity contribution in [3.8, 4) is 0 Å². The van der Waals surface area contributed by atoms with Crippen LogP contribution in [0.15, 0.2) is 53.5 Å². The number of carbonyl (C=O) groups is 2. The van der Waals surface area contributed by atoms with E-state index in [4.69, 9.17) is 0 Å². The number of halogens is 2. The van der Waals surface area contributed by atoms with Crippen LogP contribution < -0.4 is 21.3 Å². The molecule has 4 N–H and O–H groups in total. The van der Waals surface area contributed by atoms with Crippen LogP contribution in [-0.4, -0.2) is 44.5 Å². The molecule has 2 rings (SSSR count). The number of nitrogens with zero attached hydrogens (tertiary/aromatic N) is 1. The number of hydrogen-bond donors (Lipinski definition) is 4. The minimum Gasteiger partial charge on any atom is -0.357 e. The molecule has 0 aliphatic carbocycles. The number of rotatable bonds is 8. The zero-order chi connectivity index (χ0) is 21.1. The van der Waals surface area contributed by atoms with Crippen molar-refractivity contribution >= 4 is 47.4 Å². The monoisotopic (exact) mass is 527 g/mol. The van der Waals surface area contributed by atoms with E-state index >= 15 is 0 Å². The van der Waals surface area contributed by atoms with E-state index in [1.54, 1.807) is 19.2 Å². The maximum absolute atomic E-state index is 13.2. The molecule has 162 valence electrons. The summed E-state index contributed by atoms with van der Waals surface area (Å²) in [6.07, 6.45) is 0.685. The summed E-state index contributed by atoms with van der Waals surface area (Å²) < 4.78 is 13.2. The second kappa shape index (κ2) is 13.5. The molecule has 0 fully saturated rings. The number of amides is 2. The molecule has 2 amide bonds. The van der Waals surface area contributed by atoms with Crippen LogP contribution in [0.4, 0.5) is 10.1 Å². The van der Waals surface area contributed by atoms with Gasteiger partial charge in [-0.2, -0.15) is 0 Å². The maximum Gasteiger partial charge on any atom is 0.251 e. The minimum atomic E-state index is -0.415. The minimum absolute atomic E-state index is 0. The van der Waals surface area contributed by atoms with Gasteiger partial charge in [0.15, 0.2) is 5.96 Å². The molecule has 9 heteroatoms. The van der Waals surface area contributed by atoms with Crippen molar-refractivity contribution in [3.63, 3.8) is 0 Å². The van der Waals surface area contributed by atoms with Gasteiger partial charge in [0.2, 0.25) is 5.91 Å². The standard InChI is InChI=1S/C21H26FN5O2.HI/c1-3-24-21(26-14-19(28)27-18-9-5-8-17(22)13-18)25-11-10-15-6-4-7-16(12-15)20(29)23-2;/h4-9,12-13H,3,10-11,14H2,1-2H3,(H,23,29)(H,27,28)(H2,24,25,26);1H. The molecule has 2 aromatic carbocycles. The van der Waals surface area contributed by atoms with Crippen molar-refractivity contribution in [2.45, 2.75) is 13.3 Å². The Morgan fingerprint density at radius 1 is 1.07 bits per heavy atom. The van der Waals surface area contributed by atoms with Crippen LogP contribution in [0.2, 0.25) is 0 Å². The highest BCUT2D eigenvalue weighted by Gasteiger charge is 2.06. The van der Waals surface area contributed by atoms with Crippen LogP contribution in [0.5, 0.6) is 0 Å². The fourth-order valence-corrected chi connectivity index (χ4v) is 2.60.